The van der Waals surface area contributed by atoms with Gasteiger partial charge in [-0.25, -0.2) is 13.5 Å². The fraction of sp³-hybridized carbons (Fsp3) is 0.308. The predicted octanol–water partition coefficient (Wildman–Crippen LogP) is 2.71. The standard InChI is InChI=1S/C26H24F4N4O6/c1-38-10-9-34-24(36)20(7-8-31-34)33-13-17(21-18(27)11-16(39-2)12-19(21)28)22(25(33)37)32-23(35)14-3-5-15(6-4-14)40-26(29)30/h3-8,11-12,17,22,26H,9-10,13H2,1-2H3,(H,32,35)/t17-,22-/m0/s1. The molecule has 0 unspecified atom stereocenters. The number of nitrogens with one attached hydrogen (secondary N) is 1. The molecule has 2 heterocycles. The summed E-state index contributed by atoms with van der Waals surface area (Å²) in [5, 5.41) is 6.43. The maximum atomic E-state index is 15.1. The van der Waals surface area contributed by atoms with Crippen LogP contribution in [0, 0.1) is 11.6 Å². The van der Waals surface area contributed by atoms with Crippen molar-refractivity contribution in [1.29, 1.82) is 0 Å². The summed E-state index contributed by atoms with van der Waals surface area (Å²) in [6.45, 7) is -3.17. The molecule has 1 aliphatic heterocycles. The minimum Gasteiger partial charge on any atom is -0.497 e. The van der Waals surface area contributed by atoms with Crippen LogP contribution in [0.5, 0.6) is 11.5 Å². The van der Waals surface area contributed by atoms with Gasteiger partial charge in [0, 0.05) is 49.0 Å². The molecule has 0 saturated carbocycles. The highest BCUT2D eigenvalue weighted by Gasteiger charge is 2.46. The molecule has 212 valence electrons. The van der Waals surface area contributed by atoms with Crippen LogP contribution in [0.2, 0.25) is 0 Å². The number of aromatic nitrogens is 2. The fourth-order valence-corrected chi connectivity index (χ4v) is 4.40. The van der Waals surface area contributed by atoms with Crippen LogP contribution in [0.3, 0.4) is 0 Å². The largest absolute Gasteiger partial charge is 0.497 e. The number of anilines is 1. The molecule has 14 heteroatoms. The lowest BCUT2D eigenvalue weighted by molar-refractivity contribution is -0.118. The van der Waals surface area contributed by atoms with Crippen molar-refractivity contribution in [2.75, 3.05) is 32.3 Å². The molecule has 0 spiro atoms. The number of rotatable bonds is 10. The summed E-state index contributed by atoms with van der Waals surface area (Å²) in [5.74, 6) is -5.21. The highest BCUT2D eigenvalue weighted by Crippen LogP contribution is 2.36. The van der Waals surface area contributed by atoms with Crippen LogP contribution in [0.1, 0.15) is 21.8 Å². The third-order valence-electron chi connectivity index (χ3n) is 6.29. The molecule has 2 amide bonds. The van der Waals surface area contributed by atoms with E-state index in [2.05, 4.69) is 15.2 Å². The first kappa shape index (κ1) is 28.5. The van der Waals surface area contributed by atoms with Crippen LogP contribution >= 0.6 is 0 Å². The Morgan fingerprint density at radius 1 is 1.07 bits per heavy atom. The number of alkyl halides is 2. The van der Waals surface area contributed by atoms with Crippen molar-refractivity contribution in [3.8, 4) is 11.5 Å². The summed E-state index contributed by atoms with van der Waals surface area (Å²) in [5.41, 5.74) is -1.28. The number of amides is 2. The number of hydrogen-bond acceptors (Lipinski definition) is 7. The number of carbonyl (C=O) groups is 2. The molecule has 0 bridgehead atoms. The second-order valence-corrected chi connectivity index (χ2v) is 8.65. The second kappa shape index (κ2) is 12.2. The van der Waals surface area contributed by atoms with Gasteiger partial charge in [0.05, 0.1) is 20.3 Å². The zero-order valence-corrected chi connectivity index (χ0v) is 21.3. The minimum atomic E-state index is -3.07. The van der Waals surface area contributed by atoms with E-state index < -0.39 is 53.1 Å². The topological polar surface area (TPSA) is 112 Å². The summed E-state index contributed by atoms with van der Waals surface area (Å²) < 4.78 is 70.4. The first-order valence-electron chi connectivity index (χ1n) is 11.9. The molecule has 2 aromatic carbocycles. The van der Waals surface area contributed by atoms with Gasteiger partial charge >= 0.3 is 6.61 Å². The number of methoxy groups -OCH3 is 2. The number of ether oxygens (including phenoxy) is 3. The second-order valence-electron chi connectivity index (χ2n) is 8.65. The van der Waals surface area contributed by atoms with Gasteiger partial charge in [0.2, 0.25) is 5.91 Å². The summed E-state index contributed by atoms with van der Waals surface area (Å²) in [6, 6.07) is 6.30. The molecule has 4 rings (SSSR count). The summed E-state index contributed by atoms with van der Waals surface area (Å²) >= 11 is 0. The molecular formula is C26H24F4N4O6. The SMILES string of the molecule is COCCn1nccc(N2C[C@@H](c3c(F)cc(OC)cc3F)[C@H](NC(=O)c3ccc(OC(F)F)cc3)C2=O)c1=O. The Bertz CT molecular complexity index is 1430. The third kappa shape index (κ3) is 5.91. The number of nitrogens with zero attached hydrogens (tertiary/aromatic N) is 3. The number of halogens is 4. The minimum absolute atomic E-state index is 0.0341. The van der Waals surface area contributed by atoms with Crippen molar-refractivity contribution in [2.45, 2.75) is 25.1 Å². The molecule has 1 fully saturated rings. The average molecular weight is 564 g/mol. The lowest BCUT2D eigenvalue weighted by atomic mass is 9.92. The Morgan fingerprint density at radius 3 is 2.35 bits per heavy atom. The fourth-order valence-electron chi connectivity index (χ4n) is 4.40. The maximum absolute atomic E-state index is 15.1. The van der Waals surface area contributed by atoms with Crippen molar-refractivity contribution >= 4 is 17.5 Å². The van der Waals surface area contributed by atoms with Crippen molar-refractivity contribution in [1.82, 2.24) is 15.1 Å². The van der Waals surface area contributed by atoms with E-state index in [1.807, 2.05) is 0 Å². The molecule has 3 aromatic rings. The molecule has 0 aliphatic carbocycles. The molecule has 1 saturated heterocycles. The van der Waals surface area contributed by atoms with Gasteiger partial charge < -0.3 is 24.4 Å². The van der Waals surface area contributed by atoms with Gasteiger partial charge in [-0.2, -0.15) is 13.9 Å². The van der Waals surface area contributed by atoms with Crippen LogP contribution in [0.25, 0.3) is 0 Å². The molecule has 0 radical (unpaired) electrons. The monoisotopic (exact) mass is 564 g/mol. The van der Waals surface area contributed by atoms with E-state index in [9.17, 15) is 23.2 Å². The lowest BCUT2D eigenvalue weighted by Crippen LogP contribution is -2.44. The van der Waals surface area contributed by atoms with Gasteiger partial charge in [0.25, 0.3) is 11.5 Å². The van der Waals surface area contributed by atoms with Gasteiger partial charge in [-0.05, 0) is 30.3 Å². The summed E-state index contributed by atoms with van der Waals surface area (Å²) in [7, 11) is 2.67. The molecule has 10 nitrogen and oxygen atoms in total. The quantitative estimate of drug-likeness (QED) is 0.377. The van der Waals surface area contributed by atoms with Crippen molar-refractivity contribution < 1.29 is 41.4 Å². The van der Waals surface area contributed by atoms with Crippen molar-refractivity contribution in [3.05, 3.63) is 81.8 Å². The van der Waals surface area contributed by atoms with Gasteiger partial charge in [0.15, 0.2) is 0 Å². The highest BCUT2D eigenvalue weighted by molar-refractivity contribution is 6.05. The smallest absolute Gasteiger partial charge is 0.387 e. The van der Waals surface area contributed by atoms with Crippen LogP contribution in [-0.4, -0.2) is 61.6 Å². The Labute approximate surface area is 225 Å². The molecule has 40 heavy (non-hydrogen) atoms. The Hall–Kier alpha value is -4.46. The van der Waals surface area contributed by atoms with Crippen molar-refractivity contribution in [2.24, 2.45) is 0 Å². The van der Waals surface area contributed by atoms with E-state index in [1.54, 1.807) is 0 Å². The Balaban J connectivity index is 1.71. The van der Waals surface area contributed by atoms with E-state index in [-0.39, 0.29) is 42.4 Å². The summed E-state index contributed by atoms with van der Waals surface area (Å²) in [6.07, 6.45) is 1.29. The molecule has 2 atom stereocenters. The number of hydrogen-bond donors (Lipinski definition) is 1. The Kier molecular flexibility index (Phi) is 8.67. The van der Waals surface area contributed by atoms with Crippen LogP contribution in [0.15, 0.2) is 53.5 Å². The molecular weight excluding hydrogens is 540 g/mol. The van der Waals surface area contributed by atoms with E-state index in [1.165, 1.54) is 38.6 Å². The van der Waals surface area contributed by atoms with Gasteiger partial charge in [0.1, 0.15) is 34.9 Å². The third-order valence-corrected chi connectivity index (χ3v) is 6.29. The van der Waals surface area contributed by atoms with Gasteiger partial charge in [-0.15, -0.1) is 0 Å². The van der Waals surface area contributed by atoms with Gasteiger partial charge in [-0.1, -0.05) is 0 Å². The van der Waals surface area contributed by atoms with Gasteiger partial charge in [-0.3, -0.25) is 14.4 Å². The first-order valence-corrected chi connectivity index (χ1v) is 11.9. The maximum Gasteiger partial charge on any atom is 0.387 e. The zero-order valence-electron chi connectivity index (χ0n) is 21.3. The molecule has 1 N–H and O–H groups in total. The van der Waals surface area contributed by atoms with E-state index in [4.69, 9.17) is 9.47 Å². The van der Waals surface area contributed by atoms with Crippen LogP contribution in [0.4, 0.5) is 23.2 Å². The van der Waals surface area contributed by atoms with E-state index in [0.717, 1.165) is 33.8 Å². The van der Waals surface area contributed by atoms with E-state index in [0.29, 0.717) is 0 Å². The normalized spacial score (nSPS) is 16.9. The number of benzene rings is 2. The van der Waals surface area contributed by atoms with Crippen LogP contribution in [-0.2, 0) is 16.1 Å². The van der Waals surface area contributed by atoms with Crippen LogP contribution < -0.4 is 25.2 Å². The Morgan fingerprint density at radius 2 is 1.75 bits per heavy atom. The van der Waals surface area contributed by atoms with E-state index >= 15 is 8.78 Å². The molecule has 1 aliphatic rings. The highest BCUT2D eigenvalue weighted by atomic mass is 19.3. The first-order chi connectivity index (χ1) is 19.1. The van der Waals surface area contributed by atoms with Crippen molar-refractivity contribution in [3.63, 3.8) is 0 Å². The average Bonchev–Trinajstić information content (AvgIpc) is 3.22. The lowest BCUT2D eigenvalue weighted by Gasteiger charge is -2.20. The molecule has 1 aromatic heterocycles. The summed E-state index contributed by atoms with van der Waals surface area (Å²) in [4.78, 5) is 40.7. The predicted molar refractivity (Wildman–Crippen MR) is 133 cm³/mol. The zero-order chi connectivity index (χ0) is 29.0. The number of carbonyl (C=O) groups excluding carboxylic acids is 2.